The summed E-state index contributed by atoms with van der Waals surface area (Å²) in [7, 11) is 0. The number of aromatic hydroxyl groups is 1. The average Bonchev–Trinajstić information content (AvgIpc) is 3.20. The van der Waals surface area contributed by atoms with Crippen LogP contribution in [0.4, 0.5) is 0 Å². The van der Waals surface area contributed by atoms with Gasteiger partial charge in [0.1, 0.15) is 5.75 Å². The molecule has 1 aliphatic carbocycles. The van der Waals surface area contributed by atoms with Crippen LogP contribution in [0.1, 0.15) is 37.7 Å². The van der Waals surface area contributed by atoms with Gasteiger partial charge in [0, 0.05) is 25.6 Å². The van der Waals surface area contributed by atoms with E-state index < -0.39 is 0 Å². The lowest BCUT2D eigenvalue weighted by molar-refractivity contribution is -0.132. The third-order valence-electron chi connectivity index (χ3n) is 3.37. The molecular formula is C15H21NO3. The number of nitrogens with zero attached hydrogens (tertiary/aromatic N) is 1. The second kappa shape index (κ2) is 6.57. The molecule has 4 heteroatoms. The van der Waals surface area contributed by atoms with Gasteiger partial charge >= 0.3 is 0 Å². The van der Waals surface area contributed by atoms with E-state index in [-0.39, 0.29) is 18.3 Å². The Balaban J connectivity index is 1.94. The zero-order valence-corrected chi connectivity index (χ0v) is 11.1. The van der Waals surface area contributed by atoms with Crippen LogP contribution in [-0.2, 0) is 11.3 Å². The van der Waals surface area contributed by atoms with E-state index in [2.05, 4.69) is 0 Å². The first kappa shape index (κ1) is 13.9. The largest absolute Gasteiger partial charge is 0.508 e. The summed E-state index contributed by atoms with van der Waals surface area (Å²) in [5.74, 6) is 0.389. The molecule has 2 N–H and O–H groups in total. The quantitative estimate of drug-likeness (QED) is 0.740. The minimum atomic E-state index is 0.142. The standard InChI is InChI=1S/C15H21NO3/c17-9-2-1-6-15(19)16(13-7-8-13)11-12-4-3-5-14(18)10-12/h3-5,10,13,17-18H,1-2,6-9,11H2. The van der Waals surface area contributed by atoms with Crippen LogP contribution in [0.5, 0.6) is 5.75 Å². The summed E-state index contributed by atoms with van der Waals surface area (Å²) in [6, 6.07) is 7.43. The van der Waals surface area contributed by atoms with Crippen molar-refractivity contribution in [1.82, 2.24) is 4.90 Å². The number of unbranched alkanes of at least 4 members (excludes halogenated alkanes) is 1. The molecule has 1 aliphatic rings. The van der Waals surface area contributed by atoms with Gasteiger partial charge in [-0.05, 0) is 43.4 Å². The van der Waals surface area contributed by atoms with E-state index in [1.54, 1.807) is 18.2 Å². The number of hydrogen-bond acceptors (Lipinski definition) is 3. The van der Waals surface area contributed by atoms with E-state index in [4.69, 9.17) is 5.11 Å². The van der Waals surface area contributed by atoms with Crippen LogP contribution in [0, 0.1) is 0 Å². The molecule has 0 aliphatic heterocycles. The number of hydrogen-bond donors (Lipinski definition) is 2. The first-order chi connectivity index (χ1) is 9.20. The Labute approximate surface area is 113 Å². The number of carbonyl (C=O) groups is 1. The monoisotopic (exact) mass is 263 g/mol. The van der Waals surface area contributed by atoms with Gasteiger partial charge in [-0.2, -0.15) is 0 Å². The Bertz CT molecular complexity index is 429. The van der Waals surface area contributed by atoms with Gasteiger partial charge in [0.25, 0.3) is 0 Å². The second-order valence-corrected chi connectivity index (χ2v) is 5.10. The van der Waals surface area contributed by atoms with Gasteiger partial charge < -0.3 is 15.1 Å². The molecule has 1 aromatic carbocycles. The highest BCUT2D eigenvalue weighted by molar-refractivity contribution is 5.76. The molecule has 1 aromatic rings. The highest BCUT2D eigenvalue weighted by atomic mass is 16.3. The van der Waals surface area contributed by atoms with Crippen LogP contribution in [0.15, 0.2) is 24.3 Å². The number of aliphatic hydroxyl groups excluding tert-OH is 1. The van der Waals surface area contributed by atoms with Crippen LogP contribution in [0.3, 0.4) is 0 Å². The van der Waals surface area contributed by atoms with Crippen molar-refractivity contribution in [3.63, 3.8) is 0 Å². The summed E-state index contributed by atoms with van der Waals surface area (Å²) in [4.78, 5) is 14.1. The van der Waals surface area contributed by atoms with E-state index in [0.29, 0.717) is 25.4 Å². The summed E-state index contributed by atoms with van der Waals surface area (Å²) in [5, 5.41) is 18.2. The predicted molar refractivity (Wildman–Crippen MR) is 72.6 cm³/mol. The minimum absolute atomic E-state index is 0.142. The van der Waals surface area contributed by atoms with Crippen molar-refractivity contribution in [2.24, 2.45) is 0 Å². The van der Waals surface area contributed by atoms with Gasteiger partial charge in [-0.25, -0.2) is 0 Å². The third kappa shape index (κ3) is 4.24. The van der Waals surface area contributed by atoms with Crippen LogP contribution in [-0.4, -0.2) is 33.7 Å². The fourth-order valence-corrected chi connectivity index (χ4v) is 2.19. The number of amides is 1. The maximum atomic E-state index is 12.2. The number of benzene rings is 1. The van der Waals surface area contributed by atoms with Crippen molar-refractivity contribution >= 4 is 5.91 Å². The maximum absolute atomic E-state index is 12.2. The van der Waals surface area contributed by atoms with Crippen LogP contribution in [0.25, 0.3) is 0 Å². The molecule has 1 saturated carbocycles. The highest BCUT2D eigenvalue weighted by Gasteiger charge is 2.32. The first-order valence-electron chi connectivity index (χ1n) is 6.89. The van der Waals surface area contributed by atoms with Crippen LogP contribution in [0.2, 0.25) is 0 Å². The molecule has 4 nitrogen and oxygen atoms in total. The van der Waals surface area contributed by atoms with Gasteiger partial charge in [0.05, 0.1) is 0 Å². The van der Waals surface area contributed by atoms with Crippen molar-refractivity contribution in [2.75, 3.05) is 6.61 Å². The number of phenols is 1. The Kier molecular flexibility index (Phi) is 4.80. The highest BCUT2D eigenvalue weighted by Crippen LogP contribution is 2.29. The zero-order valence-electron chi connectivity index (χ0n) is 11.1. The zero-order chi connectivity index (χ0) is 13.7. The Morgan fingerprint density at radius 2 is 2.11 bits per heavy atom. The Hall–Kier alpha value is -1.55. The maximum Gasteiger partial charge on any atom is 0.223 e. The SMILES string of the molecule is O=C(CCCCO)N(Cc1cccc(O)c1)C1CC1. The lowest BCUT2D eigenvalue weighted by atomic mass is 10.1. The molecule has 1 fully saturated rings. The van der Waals surface area contributed by atoms with Crippen molar-refractivity contribution in [3.05, 3.63) is 29.8 Å². The van der Waals surface area contributed by atoms with E-state index in [1.807, 2.05) is 11.0 Å². The smallest absolute Gasteiger partial charge is 0.223 e. The molecule has 0 heterocycles. The molecule has 0 bridgehead atoms. The Morgan fingerprint density at radius 1 is 1.32 bits per heavy atom. The fourth-order valence-electron chi connectivity index (χ4n) is 2.19. The summed E-state index contributed by atoms with van der Waals surface area (Å²) >= 11 is 0. The fraction of sp³-hybridized carbons (Fsp3) is 0.533. The van der Waals surface area contributed by atoms with Gasteiger partial charge in [0.15, 0.2) is 0 Å². The van der Waals surface area contributed by atoms with Gasteiger partial charge in [-0.15, -0.1) is 0 Å². The lowest BCUT2D eigenvalue weighted by Crippen LogP contribution is -2.32. The summed E-state index contributed by atoms with van der Waals surface area (Å²) in [6.07, 6.45) is 4.06. The lowest BCUT2D eigenvalue weighted by Gasteiger charge is -2.22. The van der Waals surface area contributed by atoms with Crippen molar-refractivity contribution in [2.45, 2.75) is 44.7 Å². The molecule has 0 unspecified atom stereocenters. The Morgan fingerprint density at radius 3 is 2.74 bits per heavy atom. The van der Waals surface area contributed by atoms with Crippen LogP contribution >= 0.6 is 0 Å². The summed E-state index contributed by atoms with van der Waals surface area (Å²) < 4.78 is 0. The topological polar surface area (TPSA) is 60.8 Å². The molecular weight excluding hydrogens is 242 g/mol. The normalized spacial score (nSPS) is 14.4. The van der Waals surface area contributed by atoms with E-state index in [9.17, 15) is 9.90 Å². The predicted octanol–water partition coefficient (Wildman–Crippen LogP) is 2.05. The molecule has 104 valence electrons. The number of rotatable bonds is 7. The van der Waals surface area contributed by atoms with E-state index >= 15 is 0 Å². The number of carbonyl (C=O) groups excluding carboxylic acids is 1. The van der Waals surface area contributed by atoms with Gasteiger partial charge in [-0.3, -0.25) is 4.79 Å². The third-order valence-corrected chi connectivity index (χ3v) is 3.37. The van der Waals surface area contributed by atoms with Crippen molar-refractivity contribution < 1.29 is 15.0 Å². The van der Waals surface area contributed by atoms with Gasteiger partial charge in [0.2, 0.25) is 5.91 Å². The number of aliphatic hydroxyl groups is 1. The van der Waals surface area contributed by atoms with Crippen molar-refractivity contribution in [1.29, 1.82) is 0 Å². The first-order valence-corrected chi connectivity index (χ1v) is 6.89. The molecule has 1 amide bonds. The van der Waals surface area contributed by atoms with Crippen LogP contribution < -0.4 is 0 Å². The van der Waals surface area contributed by atoms with Gasteiger partial charge in [-0.1, -0.05) is 12.1 Å². The average molecular weight is 263 g/mol. The molecule has 0 spiro atoms. The summed E-state index contributed by atoms with van der Waals surface area (Å²) in [6.45, 7) is 0.709. The van der Waals surface area contributed by atoms with E-state index in [0.717, 1.165) is 24.8 Å². The summed E-state index contributed by atoms with van der Waals surface area (Å²) in [5.41, 5.74) is 0.961. The molecule has 0 aromatic heterocycles. The van der Waals surface area contributed by atoms with Crippen molar-refractivity contribution in [3.8, 4) is 5.75 Å². The minimum Gasteiger partial charge on any atom is -0.508 e. The molecule has 2 rings (SSSR count). The molecule has 0 radical (unpaired) electrons. The molecule has 19 heavy (non-hydrogen) atoms. The number of phenolic OH excluding ortho intramolecular Hbond substituents is 1. The molecule has 0 saturated heterocycles. The van der Waals surface area contributed by atoms with E-state index in [1.165, 1.54) is 0 Å². The molecule has 0 atom stereocenters. The second-order valence-electron chi connectivity index (χ2n) is 5.10.